The number of amides is 1. The number of likely N-dealkylation sites (tertiary alicyclic amines) is 1. The van der Waals surface area contributed by atoms with Gasteiger partial charge in [-0.1, -0.05) is 12.0 Å². The molecule has 0 N–H and O–H groups in total. The van der Waals surface area contributed by atoms with Crippen LogP contribution in [0.1, 0.15) is 72.9 Å². The van der Waals surface area contributed by atoms with Crippen molar-refractivity contribution in [1.29, 1.82) is 0 Å². The van der Waals surface area contributed by atoms with E-state index in [4.69, 9.17) is 0 Å². The summed E-state index contributed by atoms with van der Waals surface area (Å²) in [6, 6.07) is 9.67. The average Bonchev–Trinajstić information content (AvgIpc) is 2.80. The number of hydrogen-bond acceptors (Lipinski definition) is 4. The fourth-order valence-electron chi connectivity index (χ4n) is 5.68. The first-order chi connectivity index (χ1) is 16.3. The van der Waals surface area contributed by atoms with E-state index < -0.39 is 5.92 Å². The van der Waals surface area contributed by atoms with E-state index in [9.17, 15) is 14.4 Å². The zero-order valence-electron chi connectivity index (χ0n) is 20.3. The second-order valence-electron chi connectivity index (χ2n) is 9.82. The lowest BCUT2D eigenvalue weighted by atomic mass is 9.62. The van der Waals surface area contributed by atoms with Crippen LogP contribution in [0.3, 0.4) is 0 Å². The topological polar surface area (TPSA) is 67.3 Å². The molecule has 1 aromatic carbocycles. The predicted octanol–water partition coefficient (Wildman–Crippen LogP) is 4.33. The van der Waals surface area contributed by atoms with Crippen molar-refractivity contribution >= 4 is 17.5 Å². The van der Waals surface area contributed by atoms with Crippen LogP contribution < -0.4 is 0 Å². The Kier molecular flexibility index (Phi) is 6.97. The smallest absolute Gasteiger partial charge is 0.222 e. The zero-order chi connectivity index (χ0) is 24.3. The Bertz CT molecular complexity index is 1120. The molecule has 2 fully saturated rings. The minimum Gasteiger partial charge on any atom is -0.343 e. The molecule has 1 aromatic heterocycles. The van der Waals surface area contributed by atoms with E-state index in [1.807, 2.05) is 49.1 Å². The number of Topliss-reactive ketones (excluding diaryl/α,β-unsaturated/α-hetero) is 2. The van der Waals surface area contributed by atoms with E-state index in [1.54, 1.807) is 13.1 Å². The fraction of sp³-hybridized carbons (Fsp3) is 0.448. The quantitative estimate of drug-likeness (QED) is 0.507. The Morgan fingerprint density at radius 1 is 1.09 bits per heavy atom. The van der Waals surface area contributed by atoms with Crippen molar-refractivity contribution in [3.05, 3.63) is 64.5 Å². The third kappa shape index (κ3) is 4.97. The number of rotatable bonds is 4. The molecule has 176 valence electrons. The number of ketones is 2. The van der Waals surface area contributed by atoms with E-state index in [0.29, 0.717) is 51.6 Å². The fourth-order valence-corrected chi connectivity index (χ4v) is 5.68. The Labute approximate surface area is 202 Å². The Hall–Kier alpha value is -3.26. The van der Waals surface area contributed by atoms with Crippen LogP contribution in [0.25, 0.3) is 0 Å². The Balaban J connectivity index is 1.40. The van der Waals surface area contributed by atoms with Crippen molar-refractivity contribution < 1.29 is 14.4 Å². The van der Waals surface area contributed by atoms with Gasteiger partial charge >= 0.3 is 0 Å². The summed E-state index contributed by atoms with van der Waals surface area (Å²) in [5.74, 6) is 5.46. The van der Waals surface area contributed by atoms with Crippen LogP contribution in [0.4, 0.5) is 0 Å². The maximum absolute atomic E-state index is 13.3. The van der Waals surface area contributed by atoms with Gasteiger partial charge in [-0.3, -0.25) is 19.4 Å². The summed E-state index contributed by atoms with van der Waals surface area (Å²) in [4.78, 5) is 45.5. The van der Waals surface area contributed by atoms with Crippen LogP contribution in [0.15, 0.2) is 36.5 Å². The van der Waals surface area contributed by atoms with Crippen LogP contribution in [-0.2, 0) is 20.8 Å². The van der Waals surface area contributed by atoms with Crippen LogP contribution in [0.5, 0.6) is 0 Å². The molecule has 1 aliphatic carbocycles. The lowest BCUT2D eigenvalue weighted by Gasteiger charge is -2.45. The molecule has 34 heavy (non-hydrogen) atoms. The summed E-state index contributed by atoms with van der Waals surface area (Å²) < 4.78 is 0. The van der Waals surface area contributed by atoms with Gasteiger partial charge in [0.1, 0.15) is 17.5 Å². The summed E-state index contributed by atoms with van der Waals surface area (Å²) in [7, 11) is 0. The highest BCUT2D eigenvalue weighted by atomic mass is 16.2. The van der Waals surface area contributed by atoms with Gasteiger partial charge in [-0.15, -0.1) is 5.92 Å². The van der Waals surface area contributed by atoms with Crippen molar-refractivity contribution in [2.75, 3.05) is 13.1 Å². The van der Waals surface area contributed by atoms with Crippen molar-refractivity contribution in [3.63, 3.8) is 0 Å². The number of benzene rings is 1. The molecule has 0 bridgehead atoms. The van der Waals surface area contributed by atoms with E-state index in [2.05, 4.69) is 16.8 Å². The molecule has 1 saturated heterocycles. The molecule has 2 aliphatic rings. The summed E-state index contributed by atoms with van der Waals surface area (Å²) in [6.07, 6.45) is 5.03. The van der Waals surface area contributed by atoms with Crippen molar-refractivity contribution in [1.82, 2.24) is 9.88 Å². The number of aromatic nitrogens is 1. The molecular formula is C29H32N2O3. The molecule has 1 spiro atoms. The monoisotopic (exact) mass is 456 g/mol. The van der Waals surface area contributed by atoms with Gasteiger partial charge < -0.3 is 4.90 Å². The summed E-state index contributed by atoms with van der Waals surface area (Å²) in [6.45, 7) is 6.93. The van der Waals surface area contributed by atoms with Gasteiger partial charge in [0.2, 0.25) is 5.91 Å². The van der Waals surface area contributed by atoms with E-state index in [0.717, 1.165) is 27.9 Å². The van der Waals surface area contributed by atoms with Crippen molar-refractivity contribution in [2.45, 2.75) is 65.2 Å². The zero-order valence-corrected chi connectivity index (χ0v) is 20.3. The minimum atomic E-state index is -0.674. The van der Waals surface area contributed by atoms with Gasteiger partial charge in [-0.05, 0) is 86.4 Å². The Morgan fingerprint density at radius 3 is 2.29 bits per heavy atom. The van der Waals surface area contributed by atoms with Crippen molar-refractivity contribution in [3.8, 4) is 11.8 Å². The molecule has 2 heterocycles. The van der Waals surface area contributed by atoms with Crippen LogP contribution in [0, 0.1) is 31.1 Å². The van der Waals surface area contributed by atoms with Crippen molar-refractivity contribution in [2.24, 2.45) is 5.41 Å². The summed E-state index contributed by atoms with van der Waals surface area (Å²) in [5, 5.41) is 0. The molecule has 1 amide bonds. The molecule has 5 heteroatoms. The van der Waals surface area contributed by atoms with Gasteiger partial charge in [-0.25, -0.2) is 0 Å². The molecule has 1 aliphatic heterocycles. The highest BCUT2D eigenvalue weighted by Gasteiger charge is 2.47. The average molecular weight is 457 g/mol. The van der Waals surface area contributed by atoms with Gasteiger partial charge in [0.25, 0.3) is 0 Å². The summed E-state index contributed by atoms with van der Waals surface area (Å²) in [5.41, 5.74) is 4.28. The van der Waals surface area contributed by atoms with Gasteiger partial charge in [0, 0.05) is 49.8 Å². The van der Waals surface area contributed by atoms with Crippen LogP contribution in [0.2, 0.25) is 0 Å². The molecule has 0 unspecified atom stereocenters. The number of aryl methyl sites for hydroxylation is 3. The van der Waals surface area contributed by atoms with E-state index in [1.165, 1.54) is 0 Å². The second-order valence-corrected chi connectivity index (χ2v) is 9.82. The standard InChI is InChI=1S/C29H32N2O3/c1-4-7-22-16-20(2)27(21(3)17-22)28-24(32)18-29(19-25(28)33)11-14-31(15-12-29)26(34)10-9-23-8-5-6-13-30-23/h5-6,8,13,16-17,28H,9-12,14-15,18-19H2,1-3H3. The first-order valence-corrected chi connectivity index (χ1v) is 12.1. The maximum Gasteiger partial charge on any atom is 0.222 e. The highest BCUT2D eigenvalue weighted by molar-refractivity contribution is 6.10. The number of nitrogens with zero attached hydrogens (tertiary/aromatic N) is 2. The van der Waals surface area contributed by atoms with Gasteiger partial charge in [0.15, 0.2) is 0 Å². The number of piperidine rings is 1. The number of hydrogen-bond donors (Lipinski definition) is 0. The lowest BCUT2D eigenvalue weighted by Crippen LogP contribution is -2.48. The number of carbonyl (C=O) groups excluding carboxylic acids is 3. The van der Waals surface area contributed by atoms with E-state index in [-0.39, 0.29) is 22.9 Å². The molecule has 0 radical (unpaired) electrons. The maximum atomic E-state index is 13.3. The largest absolute Gasteiger partial charge is 0.343 e. The molecule has 2 aromatic rings. The number of pyridine rings is 1. The van der Waals surface area contributed by atoms with E-state index >= 15 is 0 Å². The SMILES string of the molecule is CC#Cc1cc(C)c(C2C(=O)CC3(CCN(C(=O)CCc4ccccn4)CC3)CC2=O)c(C)c1. The summed E-state index contributed by atoms with van der Waals surface area (Å²) >= 11 is 0. The predicted molar refractivity (Wildman–Crippen MR) is 131 cm³/mol. The third-order valence-electron chi connectivity index (χ3n) is 7.39. The molecule has 5 nitrogen and oxygen atoms in total. The number of carbonyl (C=O) groups is 3. The first-order valence-electron chi connectivity index (χ1n) is 12.1. The van der Waals surface area contributed by atoms with Gasteiger partial charge in [-0.2, -0.15) is 0 Å². The first kappa shape index (κ1) is 23.9. The van der Waals surface area contributed by atoms with Gasteiger partial charge in [0.05, 0.1) is 0 Å². The molecule has 4 rings (SSSR count). The molecular weight excluding hydrogens is 424 g/mol. The highest BCUT2D eigenvalue weighted by Crippen LogP contribution is 2.46. The lowest BCUT2D eigenvalue weighted by molar-refractivity contribution is -0.140. The Morgan fingerprint density at radius 2 is 1.74 bits per heavy atom. The molecule has 1 saturated carbocycles. The minimum absolute atomic E-state index is 0.0201. The third-order valence-corrected chi connectivity index (χ3v) is 7.39. The van der Waals surface area contributed by atoms with Crippen LogP contribution in [-0.4, -0.2) is 40.4 Å². The normalized spacial score (nSPS) is 18.0. The molecule has 0 atom stereocenters. The van der Waals surface area contributed by atoms with Crippen LogP contribution >= 0.6 is 0 Å². The second kappa shape index (κ2) is 9.93.